The number of benzene rings is 2. The van der Waals surface area contributed by atoms with Crippen molar-refractivity contribution in [2.45, 2.75) is 48.6 Å². The maximum atomic E-state index is 2.68. The summed E-state index contributed by atoms with van der Waals surface area (Å²) in [6, 6.07) is 23.0. The first-order valence-electron chi connectivity index (χ1n) is 17.7. The molecular formula is C45H50Cl2Zr. The maximum absolute atomic E-state index is 2.72. The molecule has 0 amide bonds. The summed E-state index contributed by atoms with van der Waals surface area (Å²) in [5, 5.41) is 0. The van der Waals surface area contributed by atoms with E-state index in [0.29, 0.717) is 51.0 Å². The van der Waals surface area contributed by atoms with Crippen molar-refractivity contribution in [1.82, 2.24) is 0 Å². The van der Waals surface area contributed by atoms with E-state index in [1.54, 1.807) is 0 Å². The minimum atomic E-state index is -2.72. The minimum Gasteiger partial charge on any atom is -0.147 e. The minimum absolute atomic E-state index is 0. The van der Waals surface area contributed by atoms with Crippen molar-refractivity contribution in [2.24, 2.45) is 47.3 Å². The molecular weight excluding hydrogens is 703 g/mol. The summed E-state index contributed by atoms with van der Waals surface area (Å²) in [5.41, 5.74) is 2.80. The molecule has 0 radical (unpaired) electrons. The molecule has 9 atom stereocenters. The molecule has 0 nitrogen and oxygen atoms in total. The Balaban J connectivity index is 0.00000201. The Labute approximate surface area is 309 Å². The van der Waals surface area contributed by atoms with Crippen LogP contribution in [0.5, 0.6) is 0 Å². The first kappa shape index (κ1) is 35.5. The number of fused-ring (bicyclic) bond motifs is 8. The molecule has 48 heavy (non-hydrogen) atoms. The predicted octanol–water partition coefficient (Wildman–Crippen LogP) is 11.5. The smallest absolute Gasteiger partial charge is 0.147 e. The van der Waals surface area contributed by atoms with Crippen LogP contribution in [0, 0.1) is 47.3 Å². The average molecular weight is 753 g/mol. The number of allylic oxidation sites excluding steroid dienone is 16. The third-order valence-electron chi connectivity index (χ3n) is 12.7. The summed E-state index contributed by atoms with van der Waals surface area (Å²) >= 11 is -2.72. The fraction of sp³-hybridized carbons (Fsp3) is 0.356. The average Bonchev–Trinajstić information content (AvgIpc) is 3.75. The van der Waals surface area contributed by atoms with Gasteiger partial charge in [0.25, 0.3) is 0 Å². The number of rotatable bonds is 6. The largest absolute Gasteiger partial charge is 0.147 e. The van der Waals surface area contributed by atoms with Gasteiger partial charge in [0.05, 0.1) is 0 Å². The Morgan fingerprint density at radius 3 is 1.40 bits per heavy atom. The van der Waals surface area contributed by atoms with E-state index in [1.165, 1.54) is 11.1 Å². The molecule has 0 N–H and O–H groups in total. The van der Waals surface area contributed by atoms with Crippen molar-refractivity contribution in [1.29, 1.82) is 0 Å². The van der Waals surface area contributed by atoms with E-state index in [1.807, 2.05) is 6.49 Å². The molecule has 2 saturated carbocycles. The van der Waals surface area contributed by atoms with E-state index in [-0.39, 0.29) is 35.6 Å². The summed E-state index contributed by atoms with van der Waals surface area (Å²) in [6.45, 7) is 10.3. The zero-order chi connectivity index (χ0) is 31.5. The zero-order valence-electron chi connectivity index (χ0n) is 28.7. The molecule has 248 valence electrons. The molecule has 8 rings (SSSR count). The van der Waals surface area contributed by atoms with Crippen LogP contribution in [0.15, 0.2) is 155 Å². The van der Waals surface area contributed by atoms with Gasteiger partial charge in [-0.05, 0) is 0 Å². The van der Waals surface area contributed by atoms with Crippen LogP contribution in [0.2, 0.25) is 3.63 Å². The van der Waals surface area contributed by atoms with Gasteiger partial charge in [0.15, 0.2) is 0 Å². The van der Waals surface area contributed by atoms with Gasteiger partial charge >= 0.3 is 287 Å². The van der Waals surface area contributed by atoms with Crippen LogP contribution >= 0.6 is 24.8 Å². The first-order chi connectivity index (χ1) is 22.4. The summed E-state index contributed by atoms with van der Waals surface area (Å²) in [7, 11) is 0. The van der Waals surface area contributed by atoms with E-state index in [2.05, 4.69) is 179 Å². The second-order valence-corrected chi connectivity index (χ2v) is 22.0. The van der Waals surface area contributed by atoms with E-state index >= 15 is 0 Å². The van der Waals surface area contributed by atoms with Crippen molar-refractivity contribution in [3.63, 3.8) is 0 Å². The quantitative estimate of drug-likeness (QED) is 0.276. The van der Waals surface area contributed by atoms with Crippen LogP contribution in [0.4, 0.5) is 0 Å². The third-order valence-corrected chi connectivity index (χ3v) is 23.2. The van der Waals surface area contributed by atoms with Gasteiger partial charge in [-0.1, -0.05) is 0 Å². The monoisotopic (exact) mass is 750 g/mol. The Hall–Kier alpha value is -2.31. The topological polar surface area (TPSA) is 0 Å². The van der Waals surface area contributed by atoms with Crippen molar-refractivity contribution in [3.05, 3.63) is 166 Å². The molecule has 0 bridgehead atoms. The van der Waals surface area contributed by atoms with Crippen molar-refractivity contribution in [2.75, 3.05) is 0 Å². The Kier molecular flexibility index (Phi) is 10.5. The van der Waals surface area contributed by atoms with E-state index < -0.39 is 21.3 Å². The van der Waals surface area contributed by atoms with Gasteiger partial charge < -0.3 is 0 Å². The van der Waals surface area contributed by atoms with Crippen LogP contribution < -0.4 is 0 Å². The van der Waals surface area contributed by atoms with E-state index in [9.17, 15) is 0 Å². The standard InChI is InChI=1S/C21H21.C19H22.C5H5.2ClH.Zr/c1-2-8-15-14(7-1)13-20-18-11-4-3-9-16(18)17-10-5-6-12-19(17)21(15)20;1-18(2,16-11-7-5-8-12-16)15-19(3,4)17-13-9-6-10-14-17;1-2-4-5-3-1;;;/h1-21H;5-14H,1-4H3;1-3H,4H2;2*1H;. The number of hydrogen-bond acceptors (Lipinski definition) is 0. The van der Waals surface area contributed by atoms with Crippen molar-refractivity contribution in [3.8, 4) is 0 Å². The van der Waals surface area contributed by atoms with Gasteiger partial charge in [-0.3, -0.25) is 0 Å². The Bertz CT molecular complexity index is 1710. The Morgan fingerprint density at radius 1 is 0.521 bits per heavy atom. The fourth-order valence-corrected chi connectivity index (χ4v) is 23.0. The van der Waals surface area contributed by atoms with Crippen LogP contribution in [0.1, 0.15) is 45.2 Å². The number of hydrogen-bond donors (Lipinski definition) is 0. The summed E-state index contributed by atoms with van der Waals surface area (Å²) in [6.07, 6.45) is 38.5. The summed E-state index contributed by atoms with van der Waals surface area (Å²) < 4.78 is 4.38. The van der Waals surface area contributed by atoms with Crippen molar-refractivity contribution < 1.29 is 21.3 Å². The van der Waals surface area contributed by atoms with Crippen LogP contribution in [-0.4, -0.2) is 3.21 Å². The second-order valence-electron chi connectivity index (χ2n) is 15.5. The summed E-state index contributed by atoms with van der Waals surface area (Å²) in [5.74, 6) is 4.94. The first-order valence-corrected chi connectivity index (χ1v) is 21.5. The normalized spacial score (nSPS) is 31.9. The number of halogens is 2. The molecule has 0 heterocycles. The van der Waals surface area contributed by atoms with Gasteiger partial charge in [0.1, 0.15) is 0 Å². The molecule has 6 aliphatic rings. The SMILES string of the molecule is CC(C)([C](=[Zr]([C]1=CC=CC1)[CH]1C2C=CC=CC2C2C3C=CC=CC3C3C=CC=CC3C21)C(C)(C)c1ccccc1)c1ccccc1.Cl.Cl. The van der Waals surface area contributed by atoms with Crippen LogP contribution in [0.25, 0.3) is 0 Å². The molecule has 0 aromatic heterocycles. The molecule has 9 unspecified atom stereocenters. The van der Waals surface area contributed by atoms with Crippen LogP contribution in [-0.2, 0) is 32.1 Å². The molecule has 0 saturated heterocycles. The predicted molar refractivity (Wildman–Crippen MR) is 207 cm³/mol. The second kappa shape index (κ2) is 14.1. The molecule has 2 fully saturated rings. The fourth-order valence-electron chi connectivity index (χ4n) is 11.0. The maximum Gasteiger partial charge on any atom is -0.147 e. The van der Waals surface area contributed by atoms with Crippen LogP contribution in [0.3, 0.4) is 0 Å². The van der Waals surface area contributed by atoms with Gasteiger partial charge in [-0.15, -0.1) is 24.8 Å². The zero-order valence-corrected chi connectivity index (χ0v) is 32.7. The Morgan fingerprint density at radius 2 is 0.938 bits per heavy atom. The molecule has 2 aromatic carbocycles. The molecule has 0 aliphatic heterocycles. The van der Waals surface area contributed by atoms with Crippen molar-refractivity contribution >= 4 is 28.0 Å². The van der Waals surface area contributed by atoms with Gasteiger partial charge in [0.2, 0.25) is 0 Å². The van der Waals surface area contributed by atoms with Gasteiger partial charge in [0, 0.05) is 0 Å². The molecule has 6 aliphatic carbocycles. The van der Waals surface area contributed by atoms with Gasteiger partial charge in [-0.25, -0.2) is 0 Å². The molecule has 0 spiro atoms. The molecule has 3 heteroatoms. The molecule has 2 aromatic rings. The summed E-state index contributed by atoms with van der Waals surface area (Å²) in [4.78, 5) is 0. The van der Waals surface area contributed by atoms with E-state index in [4.69, 9.17) is 0 Å². The van der Waals surface area contributed by atoms with E-state index in [0.717, 1.165) is 6.42 Å². The van der Waals surface area contributed by atoms with Gasteiger partial charge in [-0.2, -0.15) is 0 Å². The third kappa shape index (κ3) is 5.75.